The van der Waals surface area contributed by atoms with Crippen LogP contribution in [0.2, 0.25) is 5.02 Å². The van der Waals surface area contributed by atoms with Gasteiger partial charge in [0.15, 0.2) is 0 Å². The Bertz CT molecular complexity index is 1420. The fourth-order valence-electron chi connectivity index (χ4n) is 3.65. The standard InChI is InChI=1S/C26H22ClFN2O3S/c27-22-12-14-23(15-13-22)34(32,33)30(17-21-7-2-4-11-25(21)28)18-26(31)29-16-20-9-5-8-19-6-1-3-10-24(19)20/h1-15H,16-18H2,(H,29,31). The zero-order valence-corrected chi connectivity index (χ0v) is 19.7. The van der Waals surface area contributed by atoms with Gasteiger partial charge in [0.2, 0.25) is 15.9 Å². The number of carbonyl (C=O) groups is 1. The third-order valence-electron chi connectivity index (χ3n) is 5.43. The van der Waals surface area contributed by atoms with E-state index in [1.54, 1.807) is 6.07 Å². The van der Waals surface area contributed by atoms with Crippen LogP contribution in [-0.2, 0) is 27.9 Å². The van der Waals surface area contributed by atoms with Gasteiger partial charge in [-0.15, -0.1) is 0 Å². The normalized spacial score (nSPS) is 11.6. The minimum Gasteiger partial charge on any atom is -0.351 e. The molecule has 0 fully saturated rings. The lowest BCUT2D eigenvalue weighted by Gasteiger charge is -2.22. The van der Waals surface area contributed by atoms with Gasteiger partial charge in [-0.05, 0) is 46.7 Å². The number of amides is 1. The number of sulfonamides is 1. The first-order chi connectivity index (χ1) is 16.3. The Labute approximate surface area is 202 Å². The summed E-state index contributed by atoms with van der Waals surface area (Å²) in [5.41, 5.74) is 1.08. The van der Waals surface area contributed by atoms with Gasteiger partial charge in [-0.3, -0.25) is 4.79 Å². The molecule has 34 heavy (non-hydrogen) atoms. The van der Waals surface area contributed by atoms with Crippen molar-refractivity contribution < 1.29 is 17.6 Å². The summed E-state index contributed by atoms with van der Waals surface area (Å²) in [5.74, 6) is -1.04. The van der Waals surface area contributed by atoms with E-state index in [-0.39, 0.29) is 23.5 Å². The van der Waals surface area contributed by atoms with Gasteiger partial charge in [0.25, 0.3) is 0 Å². The molecule has 4 rings (SSSR count). The van der Waals surface area contributed by atoms with E-state index in [2.05, 4.69) is 5.32 Å². The Morgan fingerprint density at radius 1 is 0.853 bits per heavy atom. The van der Waals surface area contributed by atoms with E-state index in [1.165, 1.54) is 42.5 Å². The molecular formula is C26H22ClFN2O3S. The van der Waals surface area contributed by atoms with Crippen molar-refractivity contribution in [1.29, 1.82) is 0 Å². The molecule has 174 valence electrons. The third kappa shape index (κ3) is 5.44. The van der Waals surface area contributed by atoms with Crippen molar-refractivity contribution in [2.45, 2.75) is 18.0 Å². The average Bonchev–Trinajstić information content (AvgIpc) is 2.84. The quantitative estimate of drug-likeness (QED) is 0.367. The largest absolute Gasteiger partial charge is 0.351 e. The van der Waals surface area contributed by atoms with Crippen LogP contribution in [0.5, 0.6) is 0 Å². The van der Waals surface area contributed by atoms with Gasteiger partial charge >= 0.3 is 0 Å². The summed E-state index contributed by atoms with van der Waals surface area (Å²) in [7, 11) is -4.10. The first-order valence-corrected chi connectivity index (χ1v) is 12.4. The number of benzene rings is 4. The number of nitrogens with one attached hydrogen (secondary N) is 1. The highest BCUT2D eigenvalue weighted by atomic mass is 35.5. The fraction of sp³-hybridized carbons (Fsp3) is 0.115. The highest BCUT2D eigenvalue weighted by molar-refractivity contribution is 7.89. The Balaban J connectivity index is 1.56. The number of carbonyl (C=O) groups excluding carboxylic acids is 1. The molecule has 4 aromatic rings. The summed E-state index contributed by atoms with van der Waals surface area (Å²) in [6.07, 6.45) is 0. The van der Waals surface area contributed by atoms with Crippen molar-refractivity contribution in [2.75, 3.05) is 6.54 Å². The smallest absolute Gasteiger partial charge is 0.243 e. The number of fused-ring (bicyclic) bond motifs is 1. The summed E-state index contributed by atoms with van der Waals surface area (Å²) < 4.78 is 41.9. The van der Waals surface area contributed by atoms with Crippen LogP contribution in [0.3, 0.4) is 0 Å². The lowest BCUT2D eigenvalue weighted by Crippen LogP contribution is -2.40. The molecule has 0 radical (unpaired) electrons. The number of nitrogens with zero attached hydrogens (tertiary/aromatic N) is 1. The van der Waals surface area contributed by atoms with Gasteiger partial charge in [0.05, 0.1) is 11.4 Å². The highest BCUT2D eigenvalue weighted by Gasteiger charge is 2.27. The first-order valence-electron chi connectivity index (χ1n) is 10.6. The summed E-state index contributed by atoms with van der Waals surface area (Å²) in [6, 6.07) is 25.1. The van der Waals surface area contributed by atoms with E-state index in [0.717, 1.165) is 20.6 Å². The second-order valence-corrected chi connectivity index (χ2v) is 10.1. The Kier molecular flexibility index (Phi) is 7.26. The summed E-state index contributed by atoms with van der Waals surface area (Å²) in [5, 5.41) is 5.22. The van der Waals surface area contributed by atoms with Gasteiger partial charge in [-0.25, -0.2) is 12.8 Å². The van der Waals surface area contributed by atoms with Crippen molar-refractivity contribution in [2.24, 2.45) is 0 Å². The van der Waals surface area contributed by atoms with Gasteiger partial charge in [-0.2, -0.15) is 4.31 Å². The van der Waals surface area contributed by atoms with E-state index < -0.39 is 28.3 Å². The molecule has 1 amide bonds. The molecule has 1 N–H and O–H groups in total. The lowest BCUT2D eigenvalue weighted by molar-refractivity contribution is -0.121. The molecule has 0 aliphatic carbocycles. The van der Waals surface area contributed by atoms with Crippen molar-refractivity contribution in [3.05, 3.63) is 113 Å². The van der Waals surface area contributed by atoms with Gasteiger partial charge in [0, 0.05) is 23.7 Å². The van der Waals surface area contributed by atoms with Crippen LogP contribution in [0.25, 0.3) is 10.8 Å². The number of halogens is 2. The number of hydrogen-bond acceptors (Lipinski definition) is 3. The molecule has 0 unspecified atom stereocenters. The van der Waals surface area contributed by atoms with Crippen LogP contribution in [0.1, 0.15) is 11.1 Å². The molecule has 0 bridgehead atoms. The molecule has 0 aliphatic rings. The van der Waals surface area contributed by atoms with E-state index in [0.29, 0.717) is 5.02 Å². The number of rotatable bonds is 8. The molecule has 0 saturated heterocycles. The van der Waals surface area contributed by atoms with Crippen molar-refractivity contribution >= 4 is 38.3 Å². The number of hydrogen-bond donors (Lipinski definition) is 1. The SMILES string of the molecule is O=C(CN(Cc1ccccc1F)S(=O)(=O)c1ccc(Cl)cc1)NCc1cccc2ccccc12. The molecule has 0 spiro atoms. The fourth-order valence-corrected chi connectivity index (χ4v) is 5.16. The maximum Gasteiger partial charge on any atom is 0.243 e. The summed E-state index contributed by atoms with van der Waals surface area (Å²) in [6.45, 7) is -0.530. The molecule has 0 saturated carbocycles. The average molecular weight is 497 g/mol. The summed E-state index contributed by atoms with van der Waals surface area (Å²) in [4.78, 5) is 12.8. The zero-order valence-electron chi connectivity index (χ0n) is 18.1. The molecule has 5 nitrogen and oxygen atoms in total. The van der Waals surface area contributed by atoms with Gasteiger partial charge < -0.3 is 5.32 Å². The molecule has 0 aromatic heterocycles. The maximum atomic E-state index is 14.3. The predicted molar refractivity (Wildman–Crippen MR) is 131 cm³/mol. The van der Waals surface area contributed by atoms with Crippen LogP contribution in [0.15, 0.2) is 95.9 Å². The van der Waals surface area contributed by atoms with E-state index >= 15 is 0 Å². The van der Waals surface area contributed by atoms with Crippen molar-refractivity contribution in [3.8, 4) is 0 Å². The van der Waals surface area contributed by atoms with Crippen LogP contribution in [0.4, 0.5) is 4.39 Å². The predicted octanol–water partition coefficient (Wildman–Crippen LogP) is 5.14. The molecule has 4 aromatic carbocycles. The van der Waals surface area contributed by atoms with Gasteiger partial charge in [-0.1, -0.05) is 72.3 Å². The minimum absolute atomic E-state index is 0.0323. The van der Waals surface area contributed by atoms with E-state index in [9.17, 15) is 17.6 Å². The minimum atomic E-state index is -4.10. The molecule has 0 aliphatic heterocycles. The van der Waals surface area contributed by atoms with Gasteiger partial charge in [0.1, 0.15) is 5.82 Å². The Morgan fingerprint density at radius 2 is 1.50 bits per heavy atom. The molecule has 8 heteroatoms. The van der Waals surface area contributed by atoms with E-state index in [1.807, 2.05) is 42.5 Å². The van der Waals surface area contributed by atoms with Crippen LogP contribution >= 0.6 is 11.6 Å². The zero-order chi connectivity index (χ0) is 24.1. The maximum absolute atomic E-state index is 14.3. The summed E-state index contributed by atoms with van der Waals surface area (Å²) >= 11 is 5.89. The van der Waals surface area contributed by atoms with Crippen LogP contribution < -0.4 is 5.32 Å². The van der Waals surface area contributed by atoms with E-state index in [4.69, 9.17) is 11.6 Å². The highest BCUT2D eigenvalue weighted by Crippen LogP contribution is 2.22. The Hall–Kier alpha value is -3.26. The monoisotopic (exact) mass is 496 g/mol. The third-order valence-corrected chi connectivity index (χ3v) is 7.49. The van der Waals surface area contributed by atoms with Crippen molar-refractivity contribution in [3.63, 3.8) is 0 Å². The molecular weight excluding hydrogens is 475 g/mol. The lowest BCUT2D eigenvalue weighted by atomic mass is 10.0. The second-order valence-electron chi connectivity index (χ2n) is 7.73. The van der Waals surface area contributed by atoms with Crippen LogP contribution in [-0.4, -0.2) is 25.2 Å². The second kappa shape index (κ2) is 10.3. The van der Waals surface area contributed by atoms with Crippen LogP contribution in [0, 0.1) is 5.82 Å². The topological polar surface area (TPSA) is 66.5 Å². The van der Waals surface area contributed by atoms with Crippen molar-refractivity contribution in [1.82, 2.24) is 9.62 Å². The molecule has 0 heterocycles. The molecule has 0 atom stereocenters. The Morgan fingerprint density at radius 3 is 2.26 bits per heavy atom. The first kappa shape index (κ1) is 23.9.